The second kappa shape index (κ2) is 5.47. The Morgan fingerprint density at radius 3 is 2.70 bits per heavy atom. The van der Waals surface area contributed by atoms with Crippen molar-refractivity contribution in [2.45, 2.75) is 18.9 Å². The zero-order valence-corrected chi connectivity index (χ0v) is 11.3. The van der Waals surface area contributed by atoms with Crippen molar-refractivity contribution < 1.29 is 4.79 Å². The van der Waals surface area contributed by atoms with Gasteiger partial charge in [0.25, 0.3) is 0 Å². The standard InChI is InChI=1S/C17H18N2O/c18-11-12-5-4-8-14(9-12)19-17(20)16-10-15(16)13-6-2-1-3-7-13/h1-9,15-16H,10-11,18H2,(H,19,20). The van der Waals surface area contributed by atoms with E-state index in [1.54, 1.807) is 0 Å². The molecular formula is C17H18N2O. The van der Waals surface area contributed by atoms with Gasteiger partial charge in [0.1, 0.15) is 0 Å². The van der Waals surface area contributed by atoms with Gasteiger partial charge < -0.3 is 11.1 Å². The molecule has 2 aromatic carbocycles. The Hall–Kier alpha value is -2.13. The van der Waals surface area contributed by atoms with Crippen LogP contribution in [0, 0.1) is 5.92 Å². The molecule has 1 aliphatic rings. The molecule has 0 aromatic heterocycles. The highest BCUT2D eigenvalue weighted by atomic mass is 16.2. The molecule has 1 aliphatic carbocycles. The van der Waals surface area contributed by atoms with E-state index in [9.17, 15) is 4.79 Å². The number of carbonyl (C=O) groups excluding carboxylic acids is 1. The normalized spacial score (nSPS) is 20.4. The van der Waals surface area contributed by atoms with E-state index < -0.39 is 0 Å². The van der Waals surface area contributed by atoms with Gasteiger partial charge in [-0.1, -0.05) is 42.5 Å². The van der Waals surface area contributed by atoms with E-state index in [-0.39, 0.29) is 11.8 Å². The minimum Gasteiger partial charge on any atom is -0.326 e. The van der Waals surface area contributed by atoms with Crippen LogP contribution in [0.4, 0.5) is 5.69 Å². The molecule has 3 N–H and O–H groups in total. The predicted octanol–water partition coefficient (Wildman–Crippen LogP) is 2.89. The van der Waals surface area contributed by atoms with Crippen molar-refractivity contribution in [2.75, 3.05) is 5.32 Å². The van der Waals surface area contributed by atoms with Gasteiger partial charge in [-0.25, -0.2) is 0 Å². The van der Waals surface area contributed by atoms with Crippen molar-refractivity contribution in [1.29, 1.82) is 0 Å². The fraction of sp³-hybridized carbons (Fsp3) is 0.235. The van der Waals surface area contributed by atoms with Crippen molar-refractivity contribution in [3.63, 3.8) is 0 Å². The molecule has 0 bridgehead atoms. The number of amides is 1. The van der Waals surface area contributed by atoms with Crippen molar-refractivity contribution in [2.24, 2.45) is 11.7 Å². The van der Waals surface area contributed by atoms with Crippen LogP contribution in [-0.4, -0.2) is 5.91 Å². The number of rotatable bonds is 4. The first-order valence-electron chi connectivity index (χ1n) is 6.93. The SMILES string of the molecule is NCc1cccc(NC(=O)C2CC2c2ccccc2)c1. The van der Waals surface area contributed by atoms with Crippen LogP contribution < -0.4 is 11.1 Å². The van der Waals surface area contributed by atoms with Gasteiger partial charge in [0, 0.05) is 18.2 Å². The smallest absolute Gasteiger partial charge is 0.228 e. The Morgan fingerprint density at radius 2 is 1.95 bits per heavy atom. The Balaban J connectivity index is 1.64. The maximum atomic E-state index is 12.2. The van der Waals surface area contributed by atoms with E-state index in [4.69, 9.17) is 5.73 Å². The van der Waals surface area contributed by atoms with Crippen molar-refractivity contribution >= 4 is 11.6 Å². The topological polar surface area (TPSA) is 55.1 Å². The summed E-state index contributed by atoms with van der Waals surface area (Å²) >= 11 is 0. The van der Waals surface area contributed by atoms with E-state index in [1.165, 1.54) is 5.56 Å². The van der Waals surface area contributed by atoms with Crippen LogP contribution >= 0.6 is 0 Å². The second-order valence-electron chi connectivity index (χ2n) is 5.25. The van der Waals surface area contributed by atoms with Gasteiger partial charge in [0.05, 0.1) is 0 Å². The van der Waals surface area contributed by atoms with Gasteiger partial charge in [-0.3, -0.25) is 4.79 Å². The average molecular weight is 266 g/mol. The zero-order valence-electron chi connectivity index (χ0n) is 11.3. The molecule has 0 saturated heterocycles. The molecule has 3 rings (SSSR count). The molecular weight excluding hydrogens is 248 g/mol. The molecule has 0 spiro atoms. The average Bonchev–Trinajstić information content (AvgIpc) is 3.29. The van der Waals surface area contributed by atoms with Crippen LogP contribution in [-0.2, 0) is 11.3 Å². The van der Waals surface area contributed by atoms with Gasteiger partial charge in [-0.05, 0) is 35.6 Å². The van der Waals surface area contributed by atoms with Gasteiger partial charge in [0.2, 0.25) is 5.91 Å². The molecule has 1 saturated carbocycles. The van der Waals surface area contributed by atoms with Gasteiger partial charge in [-0.2, -0.15) is 0 Å². The molecule has 0 aliphatic heterocycles. The third kappa shape index (κ3) is 2.73. The summed E-state index contributed by atoms with van der Waals surface area (Å²) in [6.07, 6.45) is 0.937. The molecule has 3 nitrogen and oxygen atoms in total. The fourth-order valence-corrected chi connectivity index (χ4v) is 2.56. The molecule has 3 heteroatoms. The largest absolute Gasteiger partial charge is 0.326 e. The number of anilines is 1. The highest BCUT2D eigenvalue weighted by Gasteiger charge is 2.43. The molecule has 1 amide bonds. The fourth-order valence-electron chi connectivity index (χ4n) is 2.56. The number of nitrogens with one attached hydrogen (secondary N) is 1. The van der Waals surface area contributed by atoms with Crippen LogP contribution in [0.3, 0.4) is 0 Å². The third-order valence-electron chi connectivity index (χ3n) is 3.79. The van der Waals surface area contributed by atoms with Crippen molar-refractivity contribution in [3.8, 4) is 0 Å². The Labute approximate surface area is 118 Å². The number of benzene rings is 2. The monoisotopic (exact) mass is 266 g/mol. The first kappa shape index (κ1) is 12.9. The van der Waals surface area contributed by atoms with E-state index in [0.29, 0.717) is 12.5 Å². The summed E-state index contributed by atoms with van der Waals surface area (Å²) < 4.78 is 0. The molecule has 102 valence electrons. The number of nitrogens with two attached hydrogens (primary N) is 1. The molecule has 0 radical (unpaired) electrons. The van der Waals surface area contributed by atoms with E-state index in [1.807, 2.05) is 42.5 Å². The van der Waals surface area contributed by atoms with Gasteiger partial charge in [0.15, 0.2) is 0 Å². The predicted molar refractivity (Wildman–Crippen MR) is 80.3 cm³/mol. The Morgan fingerprint density at radius 1 is 1.15 bits per heavy atom. The van der Waals surface area contributed by atoms with E-state index >= 15 is 0 Å². The summed E-state index contributed by atoms with van der Waals surface area (Å²) in [5, 5.41) is 2.98. The van der Waals surface area contributed by atoms with Crippen LogP contribution in [0.15, 0.2) is 54.6 Å². The summed E-state index contributed by atoms with van der Waals surface area (Å²) in [4.78, 5) is 12.2. The Bertz CT molecular complexity index is 609. The molecule has 20 heavy (non-hydrogen) atoms. The van der Waals surface area contributed by atoms with Crippen LogP contribution in [0.5, 0.6) is 0 Å². The number of hydrogen-bond donors (Lipinski definition) is 2. The lowest BCUT2D eigenvalue weighted by Crippen LogP contribution is -2.14. The maximum absolute atomic E-state index is 12.2. The molecule has 1 fully saturated rings. The maximum Gasteiger partial charge on any atom is 0.228 e. The summed E-state index contributed by atoms with van der Waals surface area (Å²) in [5.41, 5.74) is 8.72. The summed E-state index contributed by atoms with van der Waals surface area (Å²) in [5.74, 6) is 0.570. The van der Waals surface area contributed by atoms with E-state index in [0.717, 1.165) is 17.7 Å². The van der Waals surface area contributed by atoms with Crippen molar-refractivity contribution in [3.05, 3.63) is 65.7 Å². The second-order valence-corrected chi connectivity index (χ2v) is 5.25. The summed E-state index contributed by atoms with van der Waals surface area (Å²) in [7, 11) is 0. The van der Waals surface area contributed by atoms with Crippen LogP contribution in [0.2, 0.25) is 0 Å². The summed E-state index contributed by atoms with van der Waals surface area (Å²) in [6.45, 7) is 0.486. The first-order valence-corrected chi connectivity index (χ1v) is 6.93. The lowest BCUT2D eigenvalue weighted by molar-refractivity contribution is -0.117. The zero-order chi connectivity index (χ0) is 13.9. The highest BCUT2D eigenvalue weighted by Crippen LogP contribution is 2.47. The highest BCUT2D eigenvalue weighted by molar-refractivity contribution is 5.95. The lowest BCUT2D eigenvalue weighted by atomic mass is 10.1. The number of carbonyl (C=O) groups is 1. The first-order chi connectivity index (χ1) is 9.78. The minimum absolute atomic E-state index is 0.0962. The number of hydrogen-bond acceptors (Lipinski definition) is 2. The third-order valence-corrected chi connectivity index (χ3v) is 3.79. The Kier molecular flexibility index (Phi) is 3.52. The molecule has 2 atom stereocenters. The molecule has 0 heterocycles. The molecule has 2 aromatic rings. The van der Waals surface area contributed by atoms with E-state index in [2.05, 4.69) is 17.4 Å². The van der Waals surface area contributed by atoms with Gasteiger partial charge >= 0.3 is 0 Å². The van der Waals surface area contributed by atoms with Crippen LogP contribution in [0.25, 0.3) is 0 Å². The van der Waals surface area contributed by atoms with Crippen molar-refractivity contribution in [1.82, 2.24) is 0 Å². The van der Waals surface area contributed by atoms with Gasteiger partial charge in [-0.15, -0.1) is 0 Å². The lowest BCUT2D eigenvalue weighted by Gasteiger charge is -2.06. The summed E-state index contributed by atoms with van der Waals surface area (Å²) in [6, 6.07) is 17.9. The quantitative estimate of drug-likeness (QED) is 0.894. The van der Waals surface area contributed by atoms with Crippen LogP contribution in [0.1, 0.15) is 23.5 Å². The minimum atomic E-state index is 0.0962. The molecule has 2 unspecified atom stereocenters.